The zero-order valence-electron chi connectivity index (χ0n) is 21.4. The lowest BCUT2D eigenvalue weighted by Gasteiger charge is -2.21. The number of benzene rings is 2. The molecule has 3 aromatic rings. The van der Waals surface area contributed by atoms with Gasteiger partial charge in [0.05, 0.1) is 34.7 Å². The Labute approximate surface area is 222 Å². The van der Waals surface area contributed by atoms with E-state index in [1.165, 1.54) is 0 Å². The highest BCUT2D eigenvalue weighted by molar-refractivity contribution is 7.80. The van der Waals surface area contributed by atoms with Crippen LogP contribution in [0.1, 0.15) is 16.9 Å². The van der Waals surface area contributed by atoms with Crippen LogP contribution in [-0.2, 0) is 17.6 Å². The summed E-state index contributed by atoms with van der Waals surface area (Å²) in [6.45, 7) is 0.939. The van der Waals surface area contributed by atoms with E-state index in [9.17, 15) is 4.79 Å². The van der Waals surface area contributed by atoms with E-state index in [4.69, 9.17) is 35.6 Å². The minimum Gasteiger partial charge on any atom is -0.493 e. The Bertz CT molecular complexity index is 1290. The zero-order valence-corrected chi connectivity index (χ0v) is 22.2. The molecular weight excluding hydrogens is 492 g/mol. The van der Waals surface area contributed by atoms with Crippen LogP contribution in [0.4, 0.5) is 0 Å². The maximum Gasteiger partial charge on any atom is 0.276 e. The monoisotopic (exact) mass is 522 g/mol. The SMILES string of the molecule is COc1ccc(CCN2C(=O)/C(=C\c3ccco3)N(CCc3ccc(OC)c(OC)c3)C2=S)cc1OC. The first-order chi connectivity index (χ1) is 18.0. The van der Waals surface area contributed by atoms with Gasteiger partial charge < -0.3 is 28.3 Å². The molecule has 0 N–H and O–H groups in total. The van der Waals surface area contributed by atoms with Crippen molar-refractivity contribution in [3.63, 3.8) is 0 Å². The standard InChI is InChI=1S/C28H30N2O6S/c1-32-23-9-7-19(16-25(23)34-3)11-13-29-22(18-21-6-5-15-36-21)27(31)30(28(29)37)14-12-20-8-10-24(33-2)26(17-20)35-4/h5-10,15-18H,11-14H2,1-4H3/b22-18+. The Hall–Kier alpha value is -3.98. The number of hydrogen-bond acceptors (Lipinski definition) is 7. The molecule has 0 radical (unpaired) electrons. The molecule has 0 saturated carbocycles. The second-order valence-electron chi connectivity index (χ2n) is 8.31. The molecule has 8 nitrogen and oxygen atoms in total. The van der Waals surface area contributed by atoms with Crippen LogP contribution in [-0.4, -0.2) is 62.3 Å². The van der Waals surface area contributed by atoms with Gasteiger partial charge in [-0.1, -0.05) is 12.1 Å². The number of amides is 1. The molecule has 1 amide bonds. The van der Waals surface area contributed by atoms with Gasteiger partial charge in [0.2, 0.25) is 0 Å². The van der Waals surface area contributed by atoms with Gasteiger partial charge in [-0.05, 0) is 72.6 Å². The van der Waals surface area contributed by atoms with Gasteiger partial charge in [-0.2, -0.15) is 0 Å². The molecule has 4 rings (SSSR count). The van der Waals surface area contributed by atoms with Crippen LogP contribution in [0.25, 0.3) is 6.08 Å². The van der Waals surface area contributed by atoms with Crippen molar-refractivity contribution in [3.05, 3.63) is 77.4 Å². The third-order valence-corrected chi connectivity index (χ3v) is 6.62. The number of furan rings is 1. The van der Waals surface area contributed by atoms with E-state index in [0.717, 1.165) is 11.1 Å². The Morgan fingerprint density at radius 1 is 0.784 bits per heavy atom. The Balaban J connectivity index is 1.54. The van der Waals surface area contributed by atoms with E-state index in [1.807, 2.05) is 47.4 Å². The number of rotatable bonds is 11. The number of methoxy groups -OCH3 is 4. The summed E-state index contributed by atoms with van der Waals surface area (Å²) >= 11 is 5.79. The van der Waals surface area contributed by atoms with Crippen LogP contribution in [0.2, 0.25) is 0 Å². The fraction of sp³-hybridized carbons (Fsp3) is 0.286. The van der Waals surface area contributed by atoms with Crippen LogP contribution in [0.5, 0.6) is 23.0 Å². The lowest BCUT2D eigenvalue weighted by atomic mass is 10.1. The second kappa shape index (κ2) is 11.8. The van der Waals surface area contributed by atoms with E-state index in [-0.39, 0.29) is 5.91 Å². The van der Waals surface area contributed by atoms with Crippen molar-refractivity contribution in [1.29, 1.82) is 0 Å². The topological polar surface area (TPSA) is 73.6 Å². The molecule has 2 heterocycles. The molecule has 0 atom stereocenters. The summed E-state index contributed by atoms with van der Waals surface area (Å²) in [5, 5.41) is 0.462. The van der Waals surface area contributed by atoms with Crippen molar-refractivity contribution in [1.82, 2.24) is 9.80 Å². The highest BCUT2D eigenvalue weighted by Crippen LogP contribution is 2.30. The molecule has 9 heteroatoms. The first-order valence-electron chi connectivity index (χ1n) is 11.8. The average molecular weight is 523 g/mol. The minimum atomic E-state index is -0.158. The summed E-state index contributed by atoms with van der Waals surface area (Å²) < 4.78 is 27.0. The van der Waals surface area contributed by atoms with Crippen LogP contribution >= 0.6 is 12.2 Å². The fourth-order valence-corrected chi connectivity index (χ4v) is 4.57. The molecule has 2 aromatic carbocycles. The third-order valence-electron chi connectivity index (χ3n) is 6.18. The van der Waals surface area contributed by atoms with Crippen LogP contribution in [0.15, 0.2) is 64.9 Å². The summed E-state index contributed by atoms with van der Waals surface area (Å²) in [5.41, 5.74) is 2.52. The van der Waals surface area contributed by atoms with E-state index in [2.05, 4.69) is 0 Å². The molecular formula is C28H30N2O6S. The van der Waals surface area contributed by atoms with Gasteiger partial charge in [-0.25, -0.2) is 0 Å². The summed E-state index contributed by atoms with van der Waals surface area (Å²) in [4.78, 5) is 17.0. The normalized spacial score (nSPS) is 14.4. The number of carbonyl (C=O) groups excluding carboxylic acids is 1. The maximum atomic E-state index is 13.5. The van der Waals surface area contributed by atoms with Crippen molar-refractivity contribution in [2.24, 2.45) is 0 Å². The van der Waals surface area contributed by atoms with Crippen molar-refractivity contribution in [3.8, 4) is 23.0 Å². The van der Waals surface area contributed by atoms with Gasteiger partial charge in [0, 0.05) is 19.2 Å². The molecule has 1 aliphatic rings. The zero-order chi connectivity index (χ0) is 26.4. The minimum absolute atomic E-state index is 0.158. The van der Waals surface area contributed by atoms with Gasteiger partial charge in [0.1, 0.15) is 11.5 Å². The highest BCUT2D eigenvalue weighted by Gasteiger charge is 2.37. The van der Waals surface area contributed by atoms with E-state index in [0.29, 0.717) is 65.5 Å². The number of ether oxygens (including phenoxy) is 4. The molecule has 1 fully saturated rings. The molecule has 1 aromatic heterocycles. The number of thiocarbonyl (C=S) groups is 1. The van der Waals surface area contributed by atoms with Crippen molar-refractivity contribution in [2.75, 3.05) is 41.5 Å². The Kier molecular flexibility index (Phi) is 8.35. The van der Waals surface area contributed by atoms with Crippen LogP contribution in [0.3, 0.4) is 0 Å². The molecule has 0 spiro atoms. The second-order valence-corrected chi connectivity index (χ2v) is 8.68. The number of nitrogens with zero attached hydrogens (tertiary/aromatic N) is 2. The lowest BCUT2D eigenvalue weighted by molar-refractivity contribution is -0.122. The molecule has 194 valence electrons. The van der Waals surface area contributed by atoms with E-state index in [1.54, 1.807) is 51.7 Å². The summed E-state index contributed by atoms with van der Waals surface area (Å²) in [6.07, 6.45) is 4.56. The summed E-state index contributed by atoms with van der Waals surface area (Å²) in [7, 11) is 6.41. The molecule has 37 heavy (non-hydrogen) atoms. The van der Waals surface area contributed by atoms with Crippen LogP contribution < -0.4 is 18.9 Å². The summed E-state index contributed by atoms with van der Waals surface area (Å²) in [6, 6.07) is 15.1. The highest BCUT2D eigenvalue weighted by atomic mass is 32.1. The van der Waals surface area contributed by atoms with E-state index >= 15 is 0 Å². The average Bonchev–Trinajstić information content (AvgIpc) is 3.52. The number of hydrogen-bond donors (Lipinski definition) is 0. The van der Waals surface area contributed by atoms with Crippen molar-refractivity contribution < 1.29 is 28.2 Å². The quantitative estimate of drug-likeness (QED) is 0.268. The Morgan fingerprint density at radius 3 is 1.81 bits per heavy atom. The first-order valence-corrected chi connectivity index (χ1v) is 12.2. The largest absolute Gasteiger partial charge is 0.493 e. The van der Waals surface area contributed by atoms with Gasteiger partial charge in [0.15, 0.2) is 28.1 Å². The molecule has 0 bridgehead atoms. The van der Waals surface area contributed by atoms with Crippen molar-refractivity contribution >= 4 is 29.3 Å². The smallest absolute Gasteiger partial charge is 0.276 e. The number of carbonyl (C=O) groups is 1. The van der Waals surface area contributed by atoms with Gasteiger partial charge in [0.25, 0.3) is 5.91 Å². The van der Waals surface area contributed by atoms with Gasteiger partial charge in [-0.3, -0.25) is 9.69 Å². The predicted octanol–water partition coefficient (Wildman–Crippen LogP) is 4.57. The molecule has 1 aliphatic heterocycles. The molecule has 1 saturated heterocycles. The third kappa shape index (κ3) is 5.72. The fourth-order valence-electron chi connectivity index (χ4n) is 4.20. The first kappa shape index (κ1) is 26.1. The molecule has 0 aliphatic carbocycles. The summed E-state index contributed by atoms with van der Waals surface area (Å²) in [5.74, 6) is 3.05. The van der Waals surface area contributed by atoms with E-state index < -0.39 is 0 Å². The van der Waals surface area contributed by atoms with Gasteiger partial charge >= 0.3 is 0 Å². The lowest BCUT2D eigenvalue weighted by Crippen LogP contribution is -2.35. The Morgan fingerprint density at radius 2 is 1.32 bits per heavy atom. The molecule has 0 unspecified atom stereocenters. The van der Waals surface area contributed by atoms with Crippen LogP contribution in [0, 0.1) is 0 Å². The predicted molar refractivity (Wildman–Crippen MR) is 144 cm³/mol. The van der Waals surface area contributed by atoms with Gasteiger partial charge in [-0.15, -0.1) is 0 Å². The maximum absolute atomic E-state index is 13.5. The van der Waals surface area contributed by atoms with Crippen molar-refractivity contribution in [2.45, 2.75) is 12.8 Å².